The number of imidazole rings is 3. The number of esters is 2. The fourth-order valence-electron chi connectivity index (χ4n) is 7.87. The molecule has 9 aromatic rings. The zero-order valence-electron chi connectivity index (χ0n) is 44.6. The number of ether oxygens (including phenoxy) is 5. The number of anilines is 5. The van der Waals surface area contributed by atoms with Crippen LogP contribution in [0.1, 0.15) is 16.7 Å². The van der Waals surface area contributed by atoms with Crippen molar-refractivity contribution >= 4 is 114 Å². The summed E-state index contributed by atoms with van der Waals surface area (Å²) < 4.78 is 32.0. The van der Waals surface area contributed by atoms with Gasteiger partial charge in [-0.1, -0.05) is 91.0 Å². The molecule has 3 heterocycles. The first-order chi connectivity index (χ1) is 38.5. The second kappa shape index (κ2) is 31.3. The number of amides is 1. The van der Waals surface area contributed by atoms with Crippen LogP contribution in [-0.4, -0.2) is 93.4 Å². The number of aromatic nitrogens is 6. The lowest BCUT2D eigenvalue weighted by molar-refractivity contribution is -0.683. The van der Waals surface area contributed by atoms with Gasteiger partial charge in [0, 0.05) is 72.3 Å². The summed E-state index contributed by atoms with van der Waals surface area (Å²) in [6, 6.07) is 47.0. The van der Waals surface area contributed by atoms with E-state index in [0.717, 1.165) is 78.8 Å². The highest BCUT2D eigenvalue weighted by molar-refractivity contribution is 9.10. The van der Waals surface area contributed by atoms with Crippen LogP contribution in [-0.2, 0) is 57.7 Å². The van der Waals surface area contributed by atoms with Crippen molar-refractivity contribution in [3.8, 4) is 0 Å². The minimum Gasteiger partial charge on any atom is -0.466 e. The molecule has 0 aliphatic rings. The van der Waals surface area contributed by atoms with E-state index in [9.17, 15) is 14.4 Å². The van der Waals surface area contributed by atoms with Crippen LogP contribution in [0.5, 0.6) is 0 Å². The summed E-state index contributed by atoms with van der Waals surface area (Å²) in [6.45, 7) is 4.15. The fraction of sp³-hybridized carbons (Fsp3) is 0.186. The van der Waals surface area contributed by atoms with Gasteiger partial charge >= 0.3 is 28.6 Å². The number of halogens is 1. The van der Waals surface area contributed by atoms with Crippen molar-refractivity contribution in [2.24, 2.45) is 0 Å². The number of H-pyrrole nitrogens is 3. The van der Waals surface area contributed by atoms with Crippen molar-refractivity contribution in [2.75, 3.05) is 71.7 Å². The molecule has 0 saturated heterocycles. The molecule has 6 aromatic carbocycles. The van der Waals surface area contributed by atoms with Gasteiger partial charge in [-0.3, -0.25) is 10.0 Å². The first-order valence-corrected chi connectivity index (χ1v) is 25.7. The zero-order chi connectivity index (χ0) is 56.4. The smallest absolute Gasteiger partial charge is 0.361 e. The summed E-state index contributed by atoms with van der Waals surface area (Å²) in [5.41, 5.74) is 18.6. The van der Waals surface area contributed by atoms with Crippen LogP contribution >= 0.6 is 15.9 Å². The molecule has 0 radical (unpaired) electrons. The van der Waals surface area contributed by atoms with E-state index >= 15 is 0 Å². The van der Waals surface area contributed by atoms with E-state index in [1.807, 2.05) is 121 Å². The van der Waals surface area contributed by atoms with Crippen molar-refractivity contribution in [3.63, 3.8) is 0 Å². The standard InChI is InChI=1S/C20H21N3O3.C19H20N4O3.C10H11BrN2O.C10H11NO2/c1-25-14-13-23-18-10-6-5-9-17(18)22-20(23)21-16-8-4-3-7-15(16)11-12-19(24)26-2;1-26-13-12-23-17-9-5-4-8-16(17)21-19(23)20-15-7-3-2-6-14(15)10-11-18(24)22-25;1-14-7-6-13-9-5-3-2-4-8(9)12-10(13)11;1-13-10(12)7-6-8-4-2-3-5-9(8)11/h3-12H,13-14H2,1-2H3,(H,21,22,24);2-11H,12-13H2,1H3,(H3,20,21,22,24,25);2-5H,6-7H2,1H3;2-7H,11H2,1H3/p+3/b;;;7-6+. The number of rotatable bonds is 19. The molecule has 1 amide bonds. The van der Waals surface area contributed by atoms with Gasteiger partial charge in [-0.2, -0.15) is 0 Å². The second-order valence-corrected chi connectivity index (χ2v) is 17.7. The Hall–Kier alpha value is -8.92. The van der Waals surface area contributed by atoms with Gasteiger partial charge in [0.2, 0.25) is 0 Å². The summed E-state index contributed by atoms with van der Waals surface area (Å²) in [5, 5.41) is 15.4. The molecule has 9 N–H and O–H groups in total. The molecule has 0 atom stereocenters. The highest BCUT2D eigenvalue weighted by Gasteiger charge is 2.20. The van der Waals surface area contributed by atoms with E-state index in [-0.39, 0.29) is 11.9 Å². The Morgan fingerprint density at radius 2 is 0.873 bits per heavy atom. The van der Waals surface area contributed by atoms with Gasteiger partial charge in [0.25, 0.3) is 5.91 Å². The van der Waals surface area contributed by atoms with Crippen LogP contribution in [0.3, 0.4) is 0 Å². The molecule has 0 fully saturated rings. The first kappa shape index (κ1) is 59.3. The maximum atomic E-state index is 11.4. The first-order valence-electron chi connectivity index (χ1n) is 24.9. The number of methoxy groups -OCH3 is 5. The monoisotopic (exact) mass is 1140 g/mol. The molecule has 0 aliphatic heterocycles. The number of aromatic amines is 3. The van der Waals surface area contributed by atoms with Crippen LogP contribution < -0.4 is 35.5 Å². The maximum absolute atomic E-state index is 11.4. The number of para-hydroxylation sites is 9. The lowest BCUT2D eigenvalue weighted by Crippen LogP contribution is -2.37. The highest BCUT2D eigenvalue weighted by Crippen LogP contribution is 2.24. The summed E-state index contributed by atoms with van der Waals surface area (Å²) in [5.74, 6) is 0.308. The van der Waals surface area contributed by atoms with Crippen LogP contribution in [0.25, 0.3) is 51.3 Å². The van der Waals surface area contributed by atoms with Crippen molar-refractivity contribution in [2.45, 2.75) is 19.6 Å². The Morgan fingerprint density at radius 1 is 0.506 bits per heavy atom. The van der Waals surface area contributed by atoms with E-state index in [2.05, 4.69) is 82.9 Å². The predicted molar refractivity (Wildman–Crippen MR) is 310 cm³/mol. The van der Waals surface area contributed by atoms with Crippen LogP contribution in [0.2, 0.25) is 0 Å². The van der Waals surface area contributed by atoms with E-state index in [4.69, 9.17) is 25.2 Å². The van der Waals surface area contributed by atoms with Gasteiger partial charge < -0.3 is 29.4 Å². The Bertz CT molecular complexity index is 3360. The van der Waals surface area contributed by atoms with Gasteiger partial charge in [-0.25, -0.2) is 54.4 Å². The summed E-state index contributed by atoms with van der Waals surface area (Å²) in [4.78, 5) is 43.4. The number of carbonyl (C=O) groups excluding carboxylic acids is 3. The molecule has 19 nitrogen and oxygen atoms in total. The molecule has 410 valence electrons. The van der Waals surface area contributed by atoms with E-state index in [0.29, 0.717) is 38.6 Å². The Kier molecular flexibility index (Phi) is 23.5. The molecular formula is C59H66BrN10O9+3. The summed E-state index contributed by atoms with van der Waals surface area (Å²) in [7, 11) is 7.77. The van der Waals surface area contributed by atoms with E-state index < -0.39 is 5.91 Å². The summed E-state index contributed by atoms with van der Waals surface area (Å²) >= 11 is 3.49. The lowest BCUT2D eigenvalue weighted by atomic mass is 10.1. The fourth-order valence-corrected chi connectivity index (χ4v) is 8.45. The third-order valence-electron chi connectivity index (χ3n) is 11.8. The van der Waals surface area contributed by atoms with Crippen LogP contribution in [0, 0.1) is 0 Å². The topological polar surface area (TPSA) is 239 Å². The Balaban J connectivity index is 0.000000178. The number of fused-ring (bicyclic) bond motifs is 3. The lowest BCUT2D eigenvalue weighted by Gasteiger charge is -2.06. The third-order valence-corrected chi connectivity index (χ3v) is 12.4. The average molecular weight is 1140 g/mol. The Labute approximate surface area is 466 Å². The van der Waals surface area contributed by atoms with Crippen molar-refractivity contribution < 1.29 is 57.0 Å². The zero-order valence-corrected chi connectivity index (χ0v) is 46.2. The van der Waals surface area contributed by atoms with Gasteiger partial charge in [-0.05, 0) is 78.4 Å². The molecule has 0 saturated carbocycles. The molecule has 0 aliphatic carbocycles. The van der Waals surface area contributed by atoms with Crippen molar-refractivity contribution in [1.82, 2.24) is 20.4 Å². The van der Waals surface area contributed by atoms with Crippen molar-refractivity contribution in [3.05, 3.63) is 185 Å². The number of hydroxylamine groups is 1. The molecule has 0 bridgehead atoms. The quantitative estimate of drug-likeness (QED) is 0.00948. The average Bonchev–Trinajstić information content (AvgIpc) is 4.22. The highest BCUT2D eigenvalue weighted by atomic mass is 79.9. The molecule has 9 rings (SSSR count). The maximum Gasteiger partial charge on any atom is 0.361 e. The minimum absolute atomic E-state index is 0.386. The number of nitrogens with zero attached hydrogens (tertiary/aromatic N) is 3. The van der Waals surface area contributed by atoms with Gasteiger partial charge in [-0.15, -0.1) is 0 Å². The number of benzene rings is 6. The third kappa shape index (κ3) is 17.3. The van der Waals surface area contributed by atoms with Crippen LogP contribution in [0.4, 0.5) is 29.0 Å². The minimum atomic E-state index is -0.583. The molecular weight excluding hydrogens is 1070 g/mol. The number of nitrogen functional groups attached to an aromatic ring is 1. The molecule has 20 heteroatoms. The predicted octanol–water partition coefficient (Wildman–Crippen LogP) is 8.71. The second-order valence-electron chi connectivity index (χ2n) is 16.9. The SMILES string of the molecule is COC(=O)/C=C/c1ccccc1N.COCC[n+]1c(Br)[nH]c2ccccc21.COCC[n+]1c(Nc2ccccc2/C=C/C(=O)NO)[nH]c2ccccc21.COCC[n+]1c(Nc2ccccc2/C=C/C(=O)OC)[nH]c2ccccc21. The number of carbonyl (C=O) groups is 3. The van der Waals surface area contributed by atoms with E-state index in [1.54, 1.807) is 51.1 Å². The van der Waals surface area contributed by atoms with Crippen molar-refractivity contribution in [1.29, 1.82) is 0 Å². The molecule has 79 heavy (non-hydrogen) atoms. The molecule has 0 spiro atoms. The number of nitrogens with one attached hydrogen (secondary N) is 6. The largest absolute Gasteiger partial charge is 0.466 e. The normalized spacial score (nSPS) is 11.0. The van der Waals surface area contributed by atoms with E-state index in [1.165, 1.54) is 38.0 Å². The van der Waals surface area contributed by atoms with Gasteiger partial charge in [0.1, 0.15) is 40.0 Å². The van der Waals surface area contributed by atoms with Gasteiger partial charge in [0.15, 0.2) is 11.0 Å². The number of hydrogen-bond acceptors (Lipinski definition) is 12. The van der Waals surface area contributed by atoms with Gasteiger partial charge in [0.05, 0.1) is 47.1 Å². The molecule has 3 aromatic heterocycles. The number of nitrogens with two attached hydrogens (primary N) is 1. The van der Waals surface area contributed by atoms with Crippen LogP contribution in [0.15, 0.2) is 169 Å². The Morgan fingerprint density at radius 3 is 1.32 bits per heavy atom. The summed E-state index contributed by atoms with van der Waals surface area (Å²) in [6.07, 6.45) is 9.01. The molecule has 0 unspecified atom stereocenters. The number of hydrogen-bond donors (Lipinski definition) is 8.